The van der Waals surface area contributed by atoms with Gasteiger partial charge in [0.05, 0.1) is 13.2 Å². The minimum atomic E-state index is -0.490. The molecule has 0 saturated carbocycles. The highest BCUT2D eigenvalue weighted by Gasteiger charge is 2.03. The van der Waals surface area contributed by atoms with Gasteiger partial charge in [0.1, 0.15) is 0 Å². The lowest BCUT2D eigenvalue weighted by atomic mass is 10.0. The number of carbonyl (C=O) groups is 1. The Hall–Kier alpha value is -1.51. The van der Waals surface area contributed by atoms with E-state index in [9.17, 15) is 4.79 Å². The summed E-state index contributed by atoms with van der Waals surface area (Å²) in [5.74, 6) is 0.846. The molecule has 0 unspecified atom stereocenters. The molecule has 0 fully saturated rings. The van der Waals surface area contributed by atoms with Gasteiger partial charge >= 0.3 is 6.16 Å². The molecule has 36 heavy (non-hydrogen) atoms. The number of hydrogen-bond donors (Lipinski definition) is 0. The first-order valence-corrected chi connectivity index (χ1v) is 15.4. The third-order valence-electron chi connectivity index (χ3n) is 6.41. The van der Waals surface area contributed by atoms with Crippen molar-refractivity contribution in [3.63, 3.8) is 0 Å². The lowest BCUT2D eigenvalue weighted by Gasteiger charge is -2.07. The molecule has 0 aliphatic rings. The summed E-state index contributed by atoms with van der Waals surface area (Å²) in [6.07, 6.45) is 37.4. The molecule has 0 N–H and O–H groups in total. The van der Waals surface area contributed by atoms with Crippen LogP contribution in [0.4, 0.5) is 4.79 Å². The average molecular weight is 505 g/mol. The number of carbonyl (C=O) groups excluding carboxylic acids is 1. The van der Waals surface area contributed by atoms with Crippen molar-refractivity contribution < 1.29 is 14.3 Å². The van der Waals surface area contributed by atoms with Gasteiger partial charge in [-0.25, -0.2) is 4.79 Å². The quantitative estimate of drug-likeness (QED) is 0.0667. The highest BCUT2D eigenvalue weighted by atomic mass is 16.7. The molecule has 0 heterocycles. The number of ether oxygens (including phenoxy) is 2. The van der Waals surface area contributed by atoms with Gasteiger partial charge in [0.15, 0.2) is 0 Å². The van der Waals surface area contributed by atoms with Gasteiger partial charge < -0.3 is 9.47 Å². The number of allylic oxidation sites excluding steroid dienone is 6. The van der Waals surface area contributed by atoms with Gasteiger partial charge in [0.25, 0.3) is 0 Å². The summed E-state index contributed by atoms with van der Waals surface area (Å²) in [4.78, 5) is 11.6. The highest BCUT2D eigenvalue weighted by molar-refractivity contribution is 5.59. The van der Waals surface area contributed by atoms with E-state index in [-0.39, 0.29) is 0 Å². The Kier molecular flexibility index (Phi) is 28.5. The normalized spacial score (nSPS) is 12.0. The Morgan fingerprint density at radius 3 is 1.47 bits per heavy atom. The summed E-state index contributed by atoms with van der Waals surface area (Å²) in [5, 5.41) is 0. The standard InChI is InChI=1S/C33H60O3/c1-4-5-6-7-8-9-10-11-12-13-14-15-18-21-24-27-30-35-33(34)36-31-28-25-22-19-16-17-20-23-26-29-32(2)3/h5-6,8-9,11-12,32H,4,7,10,13-31H2,1-3H3. The van der Waals surface area contributed by atoms with Crippen LogP contribution in [0.5, 0.6) is 0 Å². The lowest BCUT2D eigenvalue weighted by molar-refractivity contribution is 0.0529. The highest BCUT2D eigenvalue weighted by Crippen LogP contribution is 2.13. The Morgan fingerprint density at radius 2 is 0.972 bits per heavy atom. The fourth-order valence-electron chi connectivity index (χ4n) is 4.14. The predicted molar refractivity (Wildman–Crippen MR) is 158 cm³/mol. The molecule has 0 radical (unpaired) electrons. The molecule has 0 spiro atoms. The van der Waals surface area contributed by atoms with E-state index in [1.807, 2.05) is 0 Å². The SMILES string of the molecule is CCC=CCC=CCC=CCCCCCCCCOC(=O)OCCCCCCCCCCCC(C)C. The van der Waals surface area contributed by atoms with Crippen LogP contribution in [0, 0.1) is 5.92 Å². The zero-order chi connectivity index (χ0) is 26.4. The molecule has 0 rings (SSSR count). The molecule has 0 atom stereocenters. The van der Waals surface area contributed by atoms with Gasteiger partial charge in [-0.2, -0.15) is 0 Å². The van der Waals surface area contributed by atoms with E-state index in [0.717, 1.165) is 50.9 Å². The zero-order valence-corrected chi connectivity index (χ0v) is 24.3. The predicted octanol–water partition coefficient (Wildman–Crippen LogP) is 11.3. The largest absolute Gasteiger partial charge is 0.508 e. The van der Waals surface area contributed by atoms with E-state index in [4.69, 9.17) is 9.47 Å². The third kappa shape index (κ3) is 30.5. The molecule has 0 aromatic heterocycles. The molecular formula is C33H60O3. The Bertz CT molecular complexity index is 533. The summed E-state index contributed by atoms with van der Waals surface area (Å²) < 4.78 is 10.4. The zero-order valence-electron chi connectivity index (χ0n) is 24.3. The maximum Gasteiger partial charge on any atom is 0.508 e. The van der Waals surface area contributed by atoms with Crippen LogP contribution in [0.2, 0.25) is 0 Å². The fraction of sp³-hybridized carbons (Fsp3) is 0.788. The van der Waals surface area contributed by atoms with E-state index >= 15 is 0 Å². The van der Waals surface area contributed by atoms with E-state index in [2.05, 4.69) is 57.2 Å². The van der Waals surface area contributed by atoms with Gasteiger partial charge in [-0.05, 0) is 50.9 Å². The molecule has 0 aliphatic heterocycles. The molecule has 3 heteroatoms. The average Bonchev–Trinajstić information content (AvgIpc) is 2.86. The van der Waals surface area contributed by atoms with E-state index in [1.165, 1.54) is 83.5 Å². The Morgan fingerprint density at radius 1 is 0.556 bits per heavy atom. The maximum absolute atomic E-state index is 11.6. The van der Waals surface area contributed by atoms with E-state index < -0.39 is 6.16 Å². The monoisotopic (exact) mass is 504 g/mol. The van der Waals surface area contributed by atoms with Crippen molar-refractivity contribution in [2.45, 2.75) is 149 Å². The molecule has 0 saturated heterocycles. The first-order valence-electron chi connectivity index (χ1n) is 15.4. The second-order valence-corrected chi connectivity index (χ2v) is 10.5. The van der Waals surface area contributed by atoms with Crippen LogP contribution in [0.25, 0.3) is 0 Å². The van der Waals surface area contributed by atoms with Gasteiger partial charge in [0, 0.05) is 0 Å². The molecule has 0 aromatic carbocycles. The Labute approximate surface area is 225 Å². The summed E-state index contributed by atoms with van der Waals surface area (Å²) in [7, 11) is 0. The van der Waals surface area contributed by atoms with Crippen LogP contribution in [0.1, 0.15) is 149 Å². The smallest absolute Gasteiger partial charge is 0.434 e. The van der Waals surface area contributed by atoms with E-state index in [0.29, 0.717) is 13.2 Å². The van der Waals surface area contributed by atoms with Gasteiger partial charge in [0.2, 0.25) is 0 Å². The maximum atomic E-state index is 11.6. The molecule has 0 amide bonds. The van der Waals surface area contributed by atoms with Crippen LogP contribution in [-0.2, 0) is 9.47 Å². The topological polar surface area (TPSA) is 35.5 Å². The minimum absolute atomic E-state index is 0.487. The van der Waals surface area contributed by atoms with Crippen LogP contribution in [0.3, 0.4) is 0 Å². The number of rotatable bonds is 26. The van der Waals surface area contributed by atoms with Crippen LogP contribution in [-0.4, -0.2) is 19.4 Å². The summed E-state index contributed by atoms with van der Waals surface area (Å²) in [6, 6.07) is 0. The van der Waals surface area contributed by atoms with Crippen molar-refractivity contribution in [3.05, 3.63) is 36.5 Å². The van der Waals surface area contributed by atoms with Crippen molar-refractivity contribution in [1.29, 1.82) is 0 Å². The first kappa shape index (κ1) is 34.5. The molecular weight excluding hydrogens is 444 g/mol. The van der Waals surface area contributed by atoms with Crippen molar-refractivity contribution in [2.75, 3.05) is 13.2 Å². The molecule has 3 nitrogen and oxygen atoms in total. The molecule has 210 valence electrons. The molecule has 0 bridgehead atoms. The second kappa shape index (κ2) is 29.7. The molecule has 0 aromatic rings. The van der Waals surface area contributed by atoms with Crippen LogP contribution in [0.15, 0.2) is 36.5 Å². The minimum Gasteiger partial charge on any atom is -0.434 e. The second-order valence-electron chi connectivity index (χ2n) is 10.5. The van der Waals surface area contributed by atoms with Crippen molar-refractivity contribution in [2.24, 2.45) is 5.92 Å². The van der Waals surface area contributed by atoms with Crippen molar-refractivity contribution in [3.8, 4) is 0 Å². The summed E-state index contributed by atoms with van der Waals surface area (Å²) in [5.41, 5.74) is 0. The Balaban J connectivity index is 3.25. The number of unbranched alkanes of at least 4 members (excludes halogenated alkanes) is 14. The lowest BCUT2D eigenvalue weighted by Crippen LogP contribution is -2.09. The fourth-order valence-corrected chi connectivity index (χ4v) is 4.14. The summed E-state index contributed by atoms with van der Waals surface area (Å²) >= 11 is 0. The van der Waals surface area contributed by atoms with Gasteiger partial charge in [-0.3, -0.25) is 0 Å². The van der Waals surface area contributed by atoms with Gasteiger partial charge in [-0.1, -0.05) is 141 Å². The van der Waals surface area contributed by atoms with Crippen LogP contribution >= 0.6 is 0 Å². The first-order chi connectivity index (χ1) is 17.7. The van der Waals surface area contributed by atoms with Crippen molar-refractivity contribution >= 4 is 6.16 Å². The van der Waals surface area contributed by atoms with Crippen LogP contribution < -0.4 is 0 Å². The van der Waals surface area contributed by atoms with E-state index in [1.54, 1.807) is 0 Å². The number of hydrogen-bond acceptors (Lipinski definition) is 3. The third-order valence-corrected chi connectivity index (χ3v) is 6.41. The molecule has 0 aliphatic carbocycles. The van der Waals surface area contributed by atoms with Crippen molar-refractivity contribution in [1.82, 2.24) is 0 Å². The summed E-state index contributed by atoms with van der Waals surface area (Å²) in [6.45, 7) is 7.76. The van der Waals surface area contributed by atoms with Gasteiger partial charge in [-0.15, -0.1) is 0 Å².